The Hall–Kier alpha value is -2.61. The number of allylic oxidation sites excluding steroid dienone is 1. The average molecular weight is 276 g/mol. The lowest BCUT2D eigenvalue weighted by atomic mass is 9.91. The normalized spacial score (nSPS) is 10.9. The van der Waals surface area contributed by atoms with Crippen LogP contribution < -0.4 is 0 Å². The van der Waals surface area contributed by atoms with Crippen LogP contribution in [-0.4, -0.2) is 11.1 Å². The molecular weight excluding hydrogens is 260 g/mol. The predicted octanol–water partition coefficient (Wildman–Crippen LogP) is 4.87. The van der Waals surface area contributed by atoms with E-state index in [-0.39, 0.29) is 6.42 Å². The first-order valence-electron chi connectivity index (χ1n) is 6.97. The van der Waals surface area contributed by atoms with E-state index < -0.39 is 5.97 Å². The van der Waals surface area contributed by atoms with E-state index in [1.54, 1.807) is 0 Å². The zero-order valence-corrected chi connectivity index (χ0v) is 11.7. The fourth-order valence-corrected chi connectivity index (χ4v) is 2.78. The van der Waals surface area contributed by atoms with Gasteiger partial charge in [-0.3, -0.25) is 4.79 Å². The van der Waals surface area contributed by atoms with Crippen LogP contribution in [0.4, 0.5) is 0 Å². The molecule has 0 heterocycles. The van der Waals surface area contributed by atoms with Crippen LogP contribution in [0.5, 0.6) is 0 Å². The first-order chi connectivity index (χ1) is 10.2. The minimum Gasteiger partial charge on any atom is -0.481 e. The van der Waals surface area contributed by atoms with Gasteiger partial charge in [0.05, 0.1) is 0 Å². The Morgan fingerprint density at radius 2 is 1.43 bits per heavy atom. The minimum atomic E-state index is -0.791. The standard InChI is InChI=1S/C19H16O2/c1-13(10-11-18(20)21)19-16-8-4-2-6-14(16)12-15-7-3-5-9-17(15)19/h2-9,12H,1,10-11H2,(H,20,21). The van der Waals surface area contributed by atoms with Crippen molar-refractivity contribution in [2.45, 2.75) is 12.8 Å². The largest absolute Gasteiger partial charge is 0.481 e. The van der Waals surface area contributed by atoms with Crippen molar-refractivity contribution in [1.29, 1.82) is 0 Å². The number of fused-ring (bicyclic) bond motifs is 2. The molecule has 0 aliphatic carbocycles. The Balaban J connectivity index is 2.25. The van der Waals surface area contributed by atoms with Gasteiger partial charge in [0.2, 0.25) is 0 Å². The first kappa shape index (κ1) is 13.4. The first-order valence-corrected chi connectivity index (χ1v) is 6.97. The highest BCUT2D eigenvalue weighted by molar-refractivity contribution is 6.08. The molecule has 3 aromatic carbocycles. The summed E-state index contributed by atoms with van der Waals surface area (Å²) in [6.07, 6.45) is 0.573. The van der Waals surface area contributed by atoms with E-state index in [2.05, 4.69) is 36.9 Å². The highest BCUT2D eigenvalue weighted by atomic mass is 16.4. The summed E-state index contributed by atoms with van der Waals surface area (Å²) >= 11 is 0. The third-order valence-corrected chi connectivity index (χ3v) is 3.77. The van der Waals surface area contributed by atoms with Crippen molar-refractivity contribution in [1.82, 2.24) is 0 Å². The lowest BCUT2D eigenvalue weighted by Crippen LogP contribution is -1.96. The number of rotatable bonds is 4. The van der Waals surface area contributed by atoms with E-state index in [0.29, 0.717) is 6.42 Å². The monoisotopic (exact) mass is 276 g/mol. The Kier molecular flexibility index (Phi) is 3.44. The second-order valence-corrected chi connectivity index (χ2v) is 5.19. The smallest absolute Gasteiger partial charge is 0.303 e. The molecule has 0 fully saturated rings. The maximum absolute atomic E-state index is 10.8. The van der Waals surface area contributed by atoms with Crippen LogP contribution in [0.1, 0.15) is 18.4 Å². The van der Waals surface area contributed by atoms with Crippen LogP contribution in [0.2, 0.25) is 0 Å². The van der Waals surface area contributed by atoms with E-state index in [4.69, 9.17) is 5.11 Å². The molecule has 2 heteroatoms. The summed E-state index contributed by atoms with van der Waals surface area (Å²) < 4.78 is 0. The lowest BCUT2D eigenvalue weighted by molar-refractivity contribution is -0.136. The molecule has 104 valence electrons. The molecule has 0 unspecified atom stereocenters. The topological polar surface area (TPSA) is 37.3 Å². The number of hydrogen-bond donors (Lipinski definition) is 1. The molecule has 2 nitrogen and oxygen atoms in total. The summed E-state index contributed by atoms with van der Waals surface area (Å²) in [6, 6.07) is 18.5. The Morgan fingerprint density at radius 1 is 0.905 bits per heavy atom. The molecule has 21 heavy (non-hydrogen) atoms. The summed E-state index contributed by atoms with van der Waals surface area (Å²) in [5.41, 5.74) is 1.95. The van der Waals surface area contributed by atoms with Gasteiger partial charge in [-0.15, -0.1) is 0 Å². The molecule has 0 atom stereocenters. The second-order valence-electron chi connectivity index (χ2n) is 5.19. The van der Waals surface area contributed by atoms with Crippen LogP contribution in [-0.2, 0) is 4.79 Å². The molecular formula is C19H16O2. The SMILES string of the molecule is C=C(CCC(=O)O)c1c2ccccc2cc2ccccc12. The molecule has 0 aromatic heterocycles. The van der Waals surface area contributed by atoms with Gasteiger partial charge in [0.1, 0.15) is 0 Å². The van der Waals surface area contributed by atoms with Gasteiger partial charge in [0.15, 0.2) is 0 Å². The van der Waals surface area contributed by atoms with Crippen molar-refractivity contribution >= 4 is 33.1 Å². The molecule has 0 saturated heterocycles. The maximum Gasteiger partial charge on any atom is 0.303 e. The number of carbonyl (C=O) groups is 1. The zero-order chi connectivity index (χ0) is 14.8. The molecule has 0 aliphatic rings. The Morgan fingerprint density at radius 3 is 1.95 bits per heavy atom. The van der Waals surface area contributed by atoms with Crippen molar-refractivity contribution in [2.24, 2.45) is 0 Å². The van der Waals surface area contributed by atoms with Gasteiger partial charge < -0.3 is 5.11 Å². The summed E-state index contributed by atoms with van der Waals surface area (Å²) in [6.45, 7) is 4.13. The Labute approximate surface area is 123 Å². The zero-order valence-electron chi connectivity index (χ0n) is 11.7. The van der Waals surface area contributed by atoms with Crippen LogP contribution in [0.3, 0.4) is 0 Å². The maximum atomic E-state index is 10.8. The van der Waals surface area contributed by atoms with Gasteiger partial charge in [-0.05, 0) is 45.2 Å². The minimum absolute atomic E-state index is 0.108. The third kappa shape index (κ3) is 2.52. The molecule has 0 aliphatic heterocycles. The number of hydrogen-bond acceptors (Lipinski definition) is 1. The van der Waals surface area contributed by atoms with Gasteiger partial charge in [-0.25, -0.2) is 0 Å². The van der Waals surface area contributed by atoms with Gasteiger partial charge in [0.25, 0.3) is 0 Å². The van der Waals surface area contributed by atoms with Gasteiger partial charge in [-0.2, -0.15) is 0 Å². The highest BCUT2D eigenvalue weighted by Gasteiger charge is 2.11. The Bertz CT molecular complexity index is 792. The molecule has 0 bridgehead atoms. The fraction of sp³-hybridized carbons (Fsp3) is 0.105. The quantitative estimate of drug-likeness (QED) is 0.690. The number of benzene rings is 3. The van der Waals surface area contributed by atoms with Gasteiger partial charge in [0, 0.05) is 6.42 Å². The van der Waals surface area contributed by atoms with E-state index in [9.17, 15) is 4.79 Å². The summed E-state index contributed by atoms with van der Waals surface area (Å²) in [7, 11) is 0. The molecule has 0 radical (unpaired) electrons. The van der Waals surface area contributed by atoms with Crippen LogP contribution in [0.15, 0.2) is 61.2 Å². The summed E-state index contributed by atoms with van der Waals surface area (Å²) in [5.74, 6) is -0.791. The predicted molar refractivity (Wildman–Crippen MR) is 87.4 cm³/mol. The fourth-order valence-electron chi connectivity index (χ4n) is 2.78. The van der Waals surface area contributed by atoms with Gasteiger partial charge in [-0.1, -0.05) is 55.1 Å². The molecule has 3 rings (SSSR count). The van der Waals surface area contributed by atoms with Crippen molar-refractivity contribution in [2.75, 3.05) is 0 Å². The molecule has 0 spiro atoms. The summed E-state index contributed by atoms with van der Waals surface area (Å²) in [5, 5.41) is 13.5. The van der Waals surface area contributed by atoms with E-state index in [1.165, 1.54) is 0 Å². The van der Waals surface area contributed by atoms with E-state index in [1.807, 2.05) is 24.3 Å². The number of carboxylic acid groups (broad SMARTS) is 1. The third-order valence-electron chi connectivity index (χ3n) is 3.77. The van der Waals surface area contributed by atoms with Crippen molar-refractivity contribution in [3.63, 3.8) is 0 Å². The average Bonchev–Trinajstić information content (AvgIpc) is 2.50. The highest BCUT2D eigenvalue weighted by Crippen LogP contribution is 2.34. The second kappa shape index (κ2) is 5.41. The molecule has 1 N–H and O–H groups in total. The van der Waals surface area contributed by atoms with Crippen LogP contribution in [0, 0.1) is 0 Å². The van der Waals surface area contributed by atoms with Crippen molar-refractivity contribution in [3.05, 3.63) is 66.7 Å². The van der Waals surface area contributed by atoms with Crippen molar-refractivity contribution in [3.8, 4) is 0 Å². The lowest BCUT2D eigenvalue weighted by Gasteiger charge is -2.13. The van der Waals surface area contributed by atoms with E-state index >= 15 is 0 Å². The molecule has 0 amide bonds. The van der Waals surface area contributed by atoms with Crippen LogP contribution in [0.25, 0.3) is 27.1 Å². The number of aliphatic carboxylic acids is 1. The van der Waals surface area contributed by atoms with Crippen molar-refractivity contribution < 1.29 is 9.90 Å². The summed E-state index contributed by atoms with van der Waals surface area (Å²) in [4.78, 5) is 10.8. The van der Waals surface area contributed by atoms with E-state index in [0.717, 1.165) is 32.7 Å². The molecule has 0 saturated carbocycles. The number of carboxylic acids is 1. The molecule has 3 aromatic rings. The van der Waals surface area contributed by atoms with Gasteiger partial charge >= 0.3 is 5.97 Å². The van der Waals surface area contributed by atoms with Crippen LogP contribution >= 0.6 is 0 Å².